The molecule has 0 saturated carbocycles. The smallest absolute Gasteiger partial charge is 0.178 e. The van der Waals surface area contributed by atoms with Crippen molar-refractivity contribution < 1.29 is 9.53 Å². The topological polar surface area (TPSA) is 51.2 Å². The maximum atomic E-state index is 11.5. The molecule has 0 unspecified atom stereocenters. The van der Waals surface area contributed by atoms with E-state index < -0.39 is 0 Å². The molecule has 15 heavy (non-hydrogen) atoms. The molecular weight excluding hydrogens is 192 g/mol. The number of Topliss-reactive ketones (excluding diaryl/α,β-unsaturated/α-hetero) is 1. The van der Waals surface area contributed by atoms with Crippen LogP contribution in [-0.4, -0.2) is 30.5 Å². The summed E-state index contributed by atoms with van der Waals surface area (Å²) in [6.45, 7) is 4.18. The Labute approximate surface area is 89.7 Å². The van der Waals surface area contributed by atoms with Gasteiger partial charge in [-0.1, -0.05) is 0 Å². The highest BCUT2D eigenvalue weighted by Gasteiger charge is 2.07. The normalized spacial score (nSPS) is 10.4. The van der Waals surface area contributed by atoms with Crippen LogP contribution in [0.25, 0.3) is 0 Å². The number of hydrogen-bond acceptors (Lipinski definition) is 4. The highest BCUT2D eigenvalue weighted by molar-refractivity contribution is 5.97. The summed E-state index contributed by atoms with van der Waals surface area (Å²) in [5, 5.41) is 2.81. The largest absolute Gasteiger partial charge is 0.489 e. The van der Waals surface area contributed by atoms with Crippen LogP contribution < -0.4 is 10.1 Å². The molecule has 0 aliphatic rings. The maximum absolute atomic E-state index is 11.5. The number of likely N-dealkylation sites (N-methyl/N-ethyl adjacent to an activating group) is 1. The van der Waals surface area contributed by atoms with Gasteiger partial charge in [-0.25, -0.2) is 0 Å². The third-order valence-electron chi connectivity index (χ3n) is 1.74. The number of aromatic nitrogens is 1. The zero-order chi connectivity index (χ0) is 11.3. The molecule has 0 aromatic carbocycles. The Morgan fingerprint density at radius 2 is 2.27 bits per heavy atom. The summed E-state index contributed by atoms with van der Waals surface area (Å²) in [4.78, 5) is 15.5. The number of ether oxygens (including phenoxy) is 1. The SMILES string of the molecule is CNCC(=O)c1cncc(OC(C)C)c1. The van der Waals surface area contributed by atoms with Crippen molar-refractivity contribution in [2.24, 2.45) is 0 Å². The number of hydrogen-bond donors (Lipinski definition) is 1. The first-order chi connectivity index (χ1) is 7.13. The molecule has 4 heteroatoms. The van der Waals surface area contributed by atoms with E-state index in [0.29, 0.717) is 17.9 Å². The Bertz CT molecular complexity index is 337. The minimum Gasteiger partial charge on any atom is -0.489 e. The molecule has 0 atom stereocenters. The van der Waals surface area contributed by atoms with Crippen molar-refractivity contribution in [3.63, 3.8) is 0 Å². The number of pyridine rings is 1. The molecule has 0 amide bonds. The van der Waals surface area contributed by atoms with Crippen LogP contribution in [0.3, 0.4) is 0 Å². The van der Waals surface area contributed by atoms with E-state index in [9.17, 15) is 4.79 Å². The van der Waals surface area contributed by atoms with Crippen LogP contribution in [0.4, 0.5) is 0 Å². The third-order valence-corrected chi connectivity index (χ3v) is 1.74. The standard InChI is InChI=1S/C11H16N2O2/c1-8(2)15-10-4-9(5-13-6-10)11(14)7-12-3/h4-6,8,12H,7H2,1-3H3. The van der Waals surface area contributed by atoms with Gasteiger partial charge in [-0.2, -0.15) is 0 Å². The number of ketones is 1. The second kappa shape index (κ2) is 5.46. The summed E-state index contributed by atoms with van der Waals surface area (Å²) in [6, 6.07) is 1.71. The molecule has 0 bridgehead atoms. The molecule has 82 valence electrons. The van der Waals surface area contributed by atoms with Gasteiger partial charge in [-0.3, -0.25) is 9.78 Å². The van der Waals surface area contributed by atoms with Crippen LogP contribution in [0.5, 0.6) is 5.75 Å². The number of carbonyl (C=O) groups excluding carboxylic acids is 1. The summed E-state index contributed by atoms with van der Waals surface area (Å²) in [5.74, 6) is 0.645. The van der Waals surface area contributed by atoms with E-state index in [4.69, 9.17) is 4.74 Å². The van der Waals surface area contributed by atoms with E-state index in [1.807, 2.05) is 13.8 Å². The van der Waals surface area contributed by atoms with Crippen molar-refractivity contribution >= 4 is 5.78 Å². The van der Waals surface area contributed by atoms with Gasteiger partial charge in [0, 0.05) is 11.8 Å². The van der Waals surface area contributed by atoms with Crippen LogP contribution in [0, 0.1) is 0 Å². The van der Waals surface area contributed by atoms with Gasteiger partial charge in [0.1, 0.15) is 5.75 Å². The molecule has 1 N–H and O–H groups in total. The van der Waals surface area contributed by atoms with E-state index in [1.165, 1.54) is 0 Å². The van der Waals surface area contributed by atoms with Crippen LogP contribution in [0.2, 0.25) is 0 Å². The minimum atomic E-state index is 0.0132. The predicted octanol–water partition coefficient (Wildman–Crippen LogP) is 1.27. The van der Waals surface area contributed by atoms with Crippen LogP contribution >= 0.6 is 0 Å². The molecule has 0 aliphatic carbocycles. The molecule has 0 saturated heterocycles. The molecule has 4 nitrogen and oxygen atoms in total. The van der Waals surface area contributed by atoms with Gasteiger partial charge in [0.2, 0.25) is 0 Å². The van der Waals surface area contributed by atoms with Crippen molar-refractivity contribution in [3.05, 3.63) is 24.0 Å². The molecular formula is C11H16N2O2. The van der Waals surface area contributed by atoms with E-state index in [1.54, 1.807) is 25.5 Å². The zero-order valence-electron chi connectivity index (χ0n) is 9.28. The fourth-order valence-corrected chi connectivity index (χ4v) is 1.17. The van der Waals surface area contributed by atoms with Crippen LogP contribution in [-0.2, 0) is 0 Å². The molecule has 0 fully saturated rings. The van der Waals surface area contributed by atoms with E-state index >= 15 is 0 Å². The molecule has 0 spiro atoms. The van der Waals surface area contributed by atoms with Gasteiger partial charge < -0.3 is 10.1 Å². The van der Waals surface area contributed by atoms with E-state index in [-0.39, 0.29) is 11.9 Å². The molecule has 1 rings (SSSR count). The predicted molar refractivity (Wildman–Crippen MR) is 58.3 cm³/mol. The monoisotopic (exact) mass is 208 g/mol. The molecule has 1 aromatic rings. The fraction of sp³-hybridized carbons (Fsp3) is 0.455. The lowest BCUT2D eigenvalue weighted by atomic mass is 10.2. The number of nitrogens with zero attached hydrogens (tertiary/aromatic N) is 1. The highest BCUT2D eigenvalue weighted by Crippen LogP contribution is 2.13. The Hall–Kier alpha value is -1.42. The molecule has 0 radical (unpaired) electrons. The van der Waals surface area contributed by atoms with Crippen molar-refractivity contribution in [1.29, 1.82) is 0 Å². The Balaban J connectivity index is 2.78. The quantitative estimate of drug-likeness (QED) is 0.740. The maximum Gasteiger partial charge on any atom is 0.178 e. The lowest BCUT2D eigenvalue weighted by Crippen LogP contribution is -2.18. The van der Waals surface area contributed by atoms with Crippen molar-refractivity contribution in [3.8, 4) is 5.75 Å². The molecule has 1 heterocycles. The summed E-state index contributed by atoms with van der Waals surface area (Å²) in [6.07, 6.45) is 3.24. The lowest BCUT2D eigenvalue weighted by Gasteiger charge is -2.09. The van der Waals surface area contributed by atoms with Gasteiger partial charge in [0.05, 0.1) is 18.8 Å². The number of rotatable bonds is 5. The summed E-state index contributed by atoms with van der Waals surface area (Å²) in [5.41, 5.74) is 0.572. The Kier molecular flexibility index (Phi) is 4.24. The average molecular weight is 208 g/mol. The summed E-state index contributed by atoms with van der Waals surface area (Å²) < 4.78 is 5.45. The first kappa shape index (κ1) is 11.7. The third kappa shape index (κ3) is 3.67. The van der Waals surface area contributed by atoms with Crippen molar-refractivity contribution in [1.82, 2.24) is 10.3 Å². The number of carbonyl (C=O) groups is 1. The zero-order valence-corrected chi connectivity index (χ0v) is 9.28. The first-order valence-corrected chi connectivity index (χ1v) is 4.93. The second-order valence-corrected chi connectivity index (χ2v) is 3.53. The van der Waals surface area contributed by atoms with Gasteiger partial charge in [0.15, 0.2) is 5.78 Å². The van der Waals surface area contributed by atoms with Gasteiger partial charge in [-0.15, -0.1) is 0 Å². The Morgan fingerprint density at radius 3 is 2.87 bits per heavy atom. The van der Waals surface area contributed by atoms with Gasteiger partial charge >= 0.3 is 0 Å². The highest BCUT2D eigenvalue weighted by atomic mass is 16.5. The van der Waals surface area contributed by atoms with E-state index in [0.717, 1.165) is 0 Å². The van der Waals surface area contributed by atoms with Crippen LogP contribution in [0.1, 0.15) is 24.2 Å². The molecule has 0 aliphatic heterocycles. The minimum absolute atomic E-state index is 0.0132. The van der Waals surface area contributed by atoms with Crippen molar-refractivity contribution in [2.75, 3.05) is 13.6 Å². The van der Waals surface area contributed by atoms with Crippen molar-refractivity contribution in [2.45, 2.75) is 20.0 Å². The van der Waals surface area contributed by atoms with E-state index in [2.05, 4.69) is 10.3 Å². The Morgan fingerprint density at radius 1 is 1.53 bits per heavy atom. The summed E-state index contributed by atoms with van der Waals surface area (Å²) >= 11 is 0. The first-order valence-electron chi connectivity index (χ1n) is 4.93. The number of nitrogens with one attached hydrogen (secondary N) is 1. The average Bonchev–Trinajstić information content (AvgIpc) is 2.17. The second-order valence-electron chi connectivity index (χ2n) is 3.53. The summed E-state index contributed by atoms with van der Waals surface area (Å²) in [7, 11) is 1.74. The van der Waals surface area contributed by atoms with Gasteiger partial charge in [-0.05, 0) is 27.0 Å². The molecule has 1 aromatic heterocycles. The van der Waals surface area contributed by atoms with Crippen LogP contribution in [0.15, 0.2) is 18.5 Å². The lowest BCUT2D eigenvalue weighted by molar-refractivity contribution is 0.0992. The van der Waals surface area contributed by atoms with Gasteiger partial charge in [0.25, 0.3) is 0 Å². The fourth-order valence-electron chi connectivity index (χ4n) is 1.17.